The molecule has 0 atom stereocenters. The Morgan fingerprint density at radius 2 is 1.81 bits per heavy atom. The smallest absolute Gasteiger partial charge is 0.251 e. The first kappa shape index (κ1) is 18.2. The fourth-order valence-corrected chi connectivity index (χ4v) is 3.65. The number of likely N-dealkylation sites (N-methyl/N-ethyl adjacent to an activating group) is 1. The van der Waals surface area contributed by atoms with Crippen LogP contribution in [-0.2, 0) is 10.0 Å². The van der Waals surface area contributed by atoms with E-state index in [0.717, 1.165) is 5.56 Å². The molecule has 7 nitrogen and oxygen atoms in total. The van der Waals surface area contributed by atoms with E-state index >= 15 is 0 Å². The molecule has 0 radical (unpaired) electrons. The number of hydrogen-bond acceptors (Lipinski definition) is 5. The van der Waals surface area contributed by atoms with Crippen molar-refractivity contribution >= 4 is 15.9 Å². The molecule has 8 heteroatoms. The highest BCUT2D eigenvalue weighted by Crippen LogP contribution is 2.32. The number of aryl methyl sites for hydroxylation is 1. The summed E-state index contributed by atoms with van der Waals surface area (Å²) in [5.41, 5.74) is 1.42. The zero-order chi connectivity index (χ0) is 18.7. The molecule has 0 saturated carbocycles. The van der Waals surface area contributed by atoms with Crippen molar-refractivity contribution in [2.75, 3.05) is 26.9 Å². The molecule has 26 heavy (non-hydrogen) atoms. The number of carbonyl (C=O) groups excluding carboxylic acids is 1. The second kappa shape index (κ2) is 7.35. The van der Waals surface area contributed by atoms with Gasteiger partial charge >= 0.3 is 0 Å². The summed E-state index contributed by atoms with van der Waals surface area (Å²) < 4.78 is 36.7. The van der Waals surface area contributed by atoms with Gasteiger partial charge in [-0.25, -0.2) is 8.42 Å². The van der Waals surface area contributed by atoms with Crippen molar-refractivity contribution in [2.45, 2.75) is 11.8 Å². The Hall–Kier alpha value is -2.58. The molecular weight excluding hydrogens is 356 g/mol. The average molecular weight is 376 g/mol. The number of nitrogens with one attached hydrogen (secondary N) is 1. The first-order valence-corrected chi connectivity index (χ1v) is 9.53. The molecule has 1 amide bonds. The Morgan fingerprint density at radius 1 is 1.12 bits per heavy atom. The first-order valence-electron chi connectivity index (χ1n) is 8.09. The number of amides is 1. The summed E-state index contributed by atoms with van der Waals surface area (Å²) >= 11 is 0. The Balaban J connectivity index is 1.57. The SMILES string of the molecule is Cc1ccc(S(=O)(=O)N(C)CCNC(=O)c2ccc3c(c2)OCO3)cc1. The van der Waals surface area contributed by atoms with E-state index in [2.05, 4.69) is 5.32 Å². The molecule has 0 saturated heterocycles. The van der Waals surface area contributed by atoms with E-state index in [4.69, 9.17) is 9.47 Å². The molecule has 0 bridgehead atoms. The van der Waals surface area contributed by atoms with Crippen LogP contribution >= 0.6 is 0 Å². The maximum Gasteiger partial charge on any atom is 0.251 e. The molecule has 2 aromatic carbocycles. The zero-order valence-corrected chi connectivity index (χ0v) is 15.4. The number of ether oxygens (including phenoxy) is 2. The fourth-order valence-electron chi connectivity index (χ4n) is 2.48. The van der Waals surface area contributed by atoms with Gasteiger partial charge in [-0.05, 0) is 37.3 Å². The Labute approximate surface area is 152 Å². The van der Waals surface area contributed by atoms with Gasteiger partial charge in [-0.2, -0.15) is 4.31 Å². The van der Waals surface area contributed by atoms with Crippen molar-refractivity contribution in [1.29, 1.82) is 0 Å². The van der Waals surface area contributed by atoms with Gasteiger partial charge in [-0.15, -0.1) is 0 Å². The summed E-state index contributed by atoms with van der Waals surface area (Å²) in [4.78, 5) is 12.4. The highest BCUT2D eigenvalue weighted by molar-refractivity contribution is 7.89. The van der Waals surface area contributed by atoms with E-state index in [1.165, 1.54) is 11.4 Å². The van der Waals surface area contributed by atoms with Crippen LogP contribution in [-0.4, -0.2) is 45.6 Å². The van der Waals surface area contributed by atoms with Crippen molar-refractivity contribution in [2.24, 2.45) is 0 Å². The van der Waals surface area contributed by atoms with Gasteiger partial charge < -0.3 is 14.8 Å². The number of hydrogen-bond donors (Lipinski definition) is 1. The summed E-state index contributed by atoms with van der Waals surface area (Å²) in [6.07, 6.45) is 0. The minimum atomic E-state index is -3.58. The Bertz CT molecular complexity index is 910. The van der Waals surface area contributed by atoms with Crippen LogP contribution in [0.25, 0.3) is 0 Å². The van der Waals surface area contributed by atoms with Gasteiger partial charge in [0.1, 0.15) is 0 Å². The van der Waals surface area contributed by atoms with Crippen molar-refractivity contribution in [3.63, 3.8) is 0 Å². The summed E-state index contributed by atoms with van der Waals surface area (Å²) in [7, 11) is -2.09. The molecule has 0 unspecified atom stereocenters. The largest absolute Gasteiger partial charge is 0.454 e. The molecule has 0 fully saturated rings. The van der Waals surface area contributed by atoms with Crippen LogP contribution in [0.4, 0.5) is 0 Å². The molecule has 0 spiro atoms. The highest BCUT2D eigenvalue weighted by atomic mass is 32.2. The Morgan fingerprint density at radius 3 is 2.54 bits per heavy atom. The number of sulfonamides is 1. The third kappa shape index (κ3) is 3.81. The van der Waals surface area contributed by atoms with Gasteiger partial charge in [-0.1, -0.05) is 17.7 Å². The maximum atomic E-state index is 12.5. The molecule has 0 aromatic heterocycles. The van der Waals surface area contributed by atoms with Gasteiger partial charge in [-0.3, -0.25) is 4.79 Å². The van der Waals surface area contributed by atoms with E-state index < -0.39 is 10.0 Å². The molecule has 0 aliphatic carbocycles. The monoisotopic (exact) mass is 376 g/mol. The van der Waals surface area contributed by atoms with Crippen LogP contribution in [0.3, 0.4) is 0 Å². The molecule has 2 aromatic rings. The third-order valence-corrected chi connectivity index (χ3v) is 5.95. The van der Waals surface area contributed by atoms with E-state index in [1.54, 1.807) is 42.5 Å². The van der Waals surface area contributed by atoms with Gasteiger partial charge in [0, 0.05) is 25.7 Å². The quantitative estimate of drug-likeness (QED) is 0.831. The number of benzene rings is 2. The fraction of sp³-hybridized carbons (Fsp3) is 0.278. The average Bonchev–Trinajstić information content (AvgIpc) is 3.09. The van der Waals surface area contributed by atoms with Crippen molar-refractivity contribution in [1.82, 2.24) is 9.62 Å². The predicted molar refractivity (Wildman–Crippen MR) is 95.9 cm³/mol. The van der Waals surface area contributed by atoms with Crippen LogP contribution in [0.5, 0.6) is 11.5 Å². The second-order valence-corrected chi connectivity index (χ2v) is 8.01. The third-order valence-electron chi connectivity index (χ3n) is 4.08. The second-order valence-electron chi connectivity index (χ2n) is 5.96. The number of carbonyl (C=O) groups is 1. The van der Waals surface area contributed by atoms with E-state index in [0.29, 0.717) is 17.1 Å². The number of fused-ring (bicyclic) bond motifs is 1. The van der Waals surface area contributed by atoms with Crippen molar-refractivity contribution < 1.29 is 22.7 Å². The molecule has 1 aliphatic heterocycles. The molecule has 1 N–H and O–H groups in total. The molecular formula is C18H20N2O5S. The topological polar surface area (TPSA) is 84.9 Å². The first-order chi connectivity index (χ1) is 12.4. The van der Waals surface area contributed by atoms with Crippen molar-refractivity contribution in [3.8, 4) is 11.5 Å². The molecule has 3 rings (SSSR count). The van der Waals surface area contributed by atoms with Crippen LogP contribution in [0, 0.1) is 6.92 Å². The maximum absolute atomic E-state index is 12.5. The van der Waals surface area contributed by atoms with Gasteiger partial charge in [0.2, 0.25) is 16.8 Å². The summed E-state index contributed by atoms with van der Waals surface area (Å²) in [6, 6.07) is 11.6. The lowest BCUT2D eigenvalue weighted by atomic mass is 10.2. The lowest BCUT2D eigenvalue weighted by molar-refractivity contribution is 0.0951. The molecule has 138 valence electrons. The molecule has 1 heterocycles. The van der Waals surface area contributed by atoms with Crippen LogP contribution in [0.2, 0.25) is 0 Å². The molecule has 1 aliphatic rings. The lowest BCUT2D eigenvalue weighted by Crippen LogP contribution is -2.36. The predicted octanol–water partition coefficient (Wildman–Crippen LogP) is 1.77. The summed E-state index contributed by atoms with van der Waals surface area (Å²) in [5.74, 6) is 0.826. The van der Waals surface area contributed by atoms with E-state index in [9.17, 15) is 13.2 Å². The van der Waals surface area contributed by atoms with Crippen molar-refractivity contribution in [3.05, 3.63) is 53.6 Å². The van der Waals surface area contributed by atoms with E-state index in [-0.39, 0.29) is 30.7 Å². The van der Waals surface area contributed by atoms with Gasteiger partial charge in [0.15, 0.2) is 11.5 Å². The van der Waals surface area contributed by atoms with Crippen LogP contribution in [0.1, 0.15) is 15.9 Å². The summed E-state index contributed by atoms with van der Waals surface area (Å²) in [6.45, 7) is 2.38. The zero-order valence-electron chi connectivity index (χ0n) is 14.6. The van der Waals surface area contributed by atoms with Gasteiger partial charge in [0.05, 0.1) is 4.90 Å². The number of rotatable bonds is 6. The minimum Gasteiger partial charge on any atom is -0.454 e. The van der Waals surface area contributed by atoms with Crippen LogP contribution < -0.4 is 14.8 Å². The normalized spacial score (nSPS) is 13.0. The lowest BCUT2D eigenvalue weighted by Gasteiger charge is -2.17. The van der Waals surface area contributed by atoms with Crippen LogP contribution in [0.15, 0.2) is 47.4 Å². The highest BCUT2D eigenvalue weighted by Gasteiger charge is 2.21. The number of nitrogens with zero attached hydrogens (tertiary/aromatic N) is 1. The summed E-state index contributed by atoms with van der Waals surface area (Å²) in [5, 5.41) is 2.71. The minimum absolute atomic E-state index is 0.141. The Kier molecular flexibility index (Phi) is 5.15. The van der Waals surface area contributed by atoms with Gasteiger partial charge in [0.25, 0.3) is 5.91 Å². The standard InChI is InChI=1S/C18H20N2O5S/c1-13-3-6-15(7-4-13)26(22,23)20(2)10-9-19-18(21)14-5-8-16-17(11-14)25-12-24-16/h3-8,11H,9-10,12H2,1-2H3,(H,19,21). The van der Waals surface area contributed by atoms with E-state index in [1.807, 2.05) is 6.92 Å².